The molecule has 0 radical (unpaired) electrons. The number of halogens is 1. The number of nitrogens with zero attached hydrogens (tertiary/aromatic N) is 3. The summed E-state index contributed by atoms with van der Waals surface area (Å²) < 4.78 is 39.7. The van der Waals surface area contributed by atoms with Crippen LogP contribution in [-0.4, -0.2) is 42.6 Å². The van der Waals surface area contributed by atoms with Crippen LogP contribution in [0.4, 0.5) is 4.39 Å². The Balaban J connectivity index is 1.61. The molecule has 0 bridgehead atoms. The fourth-order valence-electron chi connectivity index (χ4n) is 3.52. The number of pyridine rings is 1. The summed E-state index contributed by atoms with van der Waals surface area (Å²) in [4.78, 5) is 10.8. The van der Waals surface area contributed by atoms with Crippen molar-refractivity contribution in [2.75, 3.05) is 19.3 Å². The Morgan fingerprint density at radius 1 is 1.30 bits per heavy atom. The van der Waals surface area contributed by atoms with Gasteiger partial charge in [-0.15, -0.1) is 11.3 Å². The molecule has 3 heterocycles. The number of rotatable bonds is 3. The quantitative estimate of drug-likeness (QED) is 0.664. The van der Waals surface area contributed by atoms with Gasteiger partial charge in [0.15, 0.2) is 9.84 Å². The topological polar surface area (TPSA) is 63.2 Å². The molecular formula is C19H20FN3O2S2. The molecule has 0 saturated heterocycles. The van der Waals surface area contributed by atoms with Crippen LogP contribution in [0.2, 0.25) is 0 Å². The maximum Gasteiger partial charge on any atom is 0.177 e. The van der Waals surface area contributed by atoms with Gasteiger partial charge in [-0.25, -0.2) is 17.8 Å². The van der Waals surface area contributed by atoms with Gasteiger partial charge >= 0.3 is 0 Å². The third kappa shape index (κ3) is 3.61. The highest BCUT2D eigenvalue weighted by atomic mass is 32.2. The number of sulfone groups is 1. The normalized spacial score (nSPS) is 19.6. The van der Waals surface area contributed by atoms with Crippen molar-refractivity contribution in [1.29, 1.82) is 0 Å². The lowest BCUT2D eigenvalue weighted by Gasteiger charge is -2.28. The van der Waals surface area contributed by atoms with Crippen LogP contribution >= 0.6 is 11.3 Å². The molecular weight excluding hydrogens is 385 g/mol. The number of alkyl halides is 1. The summed E-state index contributed by atoms with van der Waals surface area (Å²) in [5, 5.41) is 0. The second-order valence-corrected chi connectivity index (χ2v) is 9.85. The molecule has 0 N–H and O–H groups in total. The van der Waals surface area contributed by atoms with Gasteiger partial charge < -0.3 is 0 Å². The van der Waals surface area contributed by atoms with E-state index < -0.39 is 16.0 Å². The Kier molecular flexibility index (Phi) is 4.73. The predicted molar refractivity (Wildman–Crippen MR) is 105 cm³/mol. The van der Waals surface area contributed by atoms with Crippen molar-refractivity contribution in [2.45, 2.75) is 30.5 Å². The Hall–Kier alpha value is -1.90. The van der Waals surface area contributed by atoms with Crippen LogP contribution in [-0.2, 0) is 16.3 Å². The Labute approximate surface area is 161 Å². The minimum Gasteiger partial charge on any atom is -0.293 e. The zero-order valence-corrected chi connectivity index (χ0v) is 16.7. The van der Waals surface area contributed by atoms with Crippen molar-refractivity contribution in [3.63, 3.8) is 0 Å². The van der Waals surface area contributed by atoms with Crippen molar-refractivity contribution < 1.29 is 12.8 Å². The summed E-state index contributed by atoms with van der Waals surface area (Å²) in [6.07, 6.45) is 1.75. The maximum absolute atomic E-state index is 15.0. The zero-order valence-electron chi connectivity index (χ0n) is 15.1. The molecule has 142 valence electrons. The van der Waals surface area contributed by atoms with E-state index in [1.807, 2.05) is 5.51 Å². The van der Waals surface area contributed by atoms with E-state index in [-0.39, 0.29) is 17.5 Å². The summed E-state index contributed by atoms with van der Waals surface area (Å²) in [6, 6.07) is 7.65. The molecule has 0 aliphatic carbocycles. The molecule has 1 aromatic carbocycles. The number of hydrogen-bond acceptors (Lipinski definition) is 6. The van der Waals surface area contributed by atoms with E-state index >= 15 is 4.39 Å². The lowest BCUT2D eigenvalue weighted by Crippen LogP contribution is -2.30. The second-order valence-electron chi connectivity index (χ2n) is 6.95. The van der Waals surface area contributed by atoms with Gasteiger partial charge in [0, 0.05) is 49.3 Å². The van der Waals surface area contributed by atoms with Gasteiger partial charge in [-0.3, -0.25) is 9.88 Å². The smallest absolute Gasteiger partial charge is 0.177 e. The number of benzene rings is 1. The Bertz CT molecular complexity index is 1100. The van der Waals surface area contributed by atoms with E-state index in [0.717, 1.165) is 22.0 Å². The molecule has 0 spiro atoms. The van der Waals surface area contributed by atoms with E-state index in [2.05, 4.69) is 40.0 Å². The van der Waals surface area contributed by atoms with Crippen LogP contribution in [0.15, 0.2) is 40.9 Å². The van der Waals surface area contributed by atoms with E-state index in [1.54, 1.807) is 11.3 Å². The minimum absolute atomic E-state index is 0.0260. The van der Waals surface area contributed by atoms with Crippen molar-refractivity contribution >= 4 is 31.4 Å². The van der Waals surface area contributed by atoms with Crippen molar-refractivity contribution in [3.05, 3.63) is 52.8 Å². The summed E-state index contributed by atoms with van der Waals surface area (Å²) in [7, 11) is -3.41. The first-order chi connectivity index (χ1) is 12.8. The Morgan fingerprint density at radius 3 is 2.89 bits per heavy atom. The summed E-state index contributed by atoms with van der Waals surface area (Å²) >= 11 is 1.60. The molecule has 0 amide bonds. The maximum atomic E-state index is 15.0. The lowest BCUT2D eigenvalue weighted by molar-refractivity contribution is 0.161. The molecule has 0 fully saturated rings. The predicted octanol–water partition coefficient (Wildman–Crippen LogP) is 3.72. The first-order valence-corrected chi connectivity index (χ1v) is 11.5. The van der Waals surface area contributed by atoms with Crippen LogP contribution in [0.3, 0.4) is 0 Å². The van der Waals surface area contributed by atoms with Gasteiger partial charge in [0.2, 0.25) is 0 Å². The molecule has 1 aliphatic heterocycles. The third-order valence-electron chi connectivity index (χ3n) is 5.16. The Morgan fingerprint density at radius 2 is 2.11 bits per heavy atom. The van der Waals surface area contributed by atoms with Crippen LogP contribution in [0, 0.1) is 0 Å². The standard InChI is InChI=1S/C19H20FN3O2S2/c1-12(13-3-4-19-18(7-13)22-11-26-19)23-6-5-17-15(16(20)10-23)8-14(9-21-17)27(2,24)25/h3-4,7-9,11-12,16H,5-6,10H2,1-2H3/t12?,16-/m1/s1. The fraction of sp³-hybridized carbons (Fsp3) is 0.368. The average molecular weight is 406 g/mol. The van der Waals surface area contributed by atoms with Gasteiger partial charge in [0.1, 0.15) is 6.17 Å². The first-order valence-electron chi connectivity index (χ1n) is 8.73. The molecule has 3 aromatic rings. The second kappa shape index (κ2) is 6.92. The average Bonchev–Trinajstić information content (AvgIpc) is 3.04. The highest BCUT2D eigenvalue weighted by Crippen LogP contribution is 2.32. The monoisotopic (exact) mass is 405 g/mol. The zero-order chi connectivity index (χ0) is 19.2. The van der Waals surface area contributed by atoms with E-state index in [9.17, 15) is 8.42 Å². The third-order valence-corrected chi connectivity index (χ3v) is 7.05. The van der Waals surface area contributed by atoms with Gasteiger partial charge in [-0.2, -0.15) is 0 Å². The molecule has 27 heavy (non-hydrogen) atoms. The SMILES string of the molecule is CC(c1ccc2scnc2c1)N1CCc2ncc(S(C)(=O)=O)cc2[C@H](F)C1. The number of thiazole rings is 1. The van der Waals surface area contributed by atoms with Gasteiger partial charge in [0.25, 0.3) is 0 Å². The van der Waals surface area contributed by atoms with Crippen molar-refractivity contribution in [1.82, 2.24) is 14.9 Å². The molecule has 0 saturated carbocycles. The van der Waals surface area contributed by atoms with Gasteiger partial charge in [-0.05, 0) is 30.7 Å². The largest absolute Gasteiger partial charge is 0.293 e. The molecule has 1 aliphatic rings. The molecule has 5 nitrogen and oxygen atoms in total. The molecule has 2 atom stereocenters. The summed E-state index contributed by atoms with van der Waals surface area (Å²) in [5.74, 6) is 0. The summed E-state index contributed by atoms with van der Waals surface area (Å²) in [5.41, 5.74) is 4.90. The minimum atomic E-state index is -3.41. The van der Waals surface area contributed by atoms with E-state index in [0.29, 0.717) is 24.2 Å². The van der Waals surface area contributed by atoms with Crippen LogP contribution in [0.1, 0.15) is 36.0 Å². The van der Waals surface area contributed by atoms with Crippen LogP contribution < -0.4 is 0 Å². The number of fused-ring (bicyclic) bond motifs is 2. The van der Waals surface area contributed by atoms with Crippen molar-refractivity contribution in [2.24, 2.45) is 0 Å². The first kappa shape index (κ1) is 18.5. The molecule has 2 aromatic heterocycles. The fourth-order valence-corrected chi connectivity index (χ4v) is 4.76. The van der Waals surface area contributed by atoms with E-state index in [4.69, 9.17) is 0 Å². The highest BCUT2D eigenvalue weighted by Gasteiger charge is 2.28. The lowest BCUT2D eigenvalue weighted by atomic mass is 10.1. The van der Waals surface area contributed by atoms with Crippen LogP contribution in [0.25, 0.3) is 10.2 Å². The van der Waals surface area contributed by atoms with E-state index in [1.165, 1.54) is 12.3 Å². The van der Waals surface area contributed by atoms with Crippen LogP contribution in [0.5, 0.6) is 0 Å². The van der Waals surface area contributed by atoms with Gasteiger partial charge in [-0.1, -0.05) is 6.07 Å². The number of aromatic nitrogens is 2. The molecule has 1 unspecified atom stereocenters. The summed E-state index contributed by atoms with van der Waals surface area (Å²) in [6.45, 7) is 2.93. The number of hydrogen-bond donors (Lipinski definition) is 0. The van der Waals surface area contributed by atoms with Gasteiger partial charge in [0.05, 0.1) is 20.6 Å². The highest BCUT2D eigenvalue weighted by molar-refractivity contribution is 7.90. The van der Waals surface area contributed by atoms with Crippen molar-refractivity contribution in [3.8, 4) is 0 Å². The molecule has 8 heteroatoms. The molecule has 4 rings (SSSR count).